The molecule has 0 radical (unpaired) electrons. The highest BCUT2D eigenvalue weighted by molar-refractivity contribution is 14.1. The first-order valence-corrected chi connectivity index (χ1v) is 6.03. The van der Waals surface area contributed by atoms with Gasteiger partial charge in [0.15, 0.2) is 5.79 Å². The molecule has 2 nitrogen and oxygen atoms in total. The molecule has 0 spiro atoms. The predicted molar refractivity (Wildman–Crippen MR) is 57.6 cm³/mol. The van der Waals surface area contributed by atoms with Gasteiger partial charge in [0.25, 0.3) is 0 Å². The molecule has 0 aliphatic carbocycles. The predicted octanol–water partition coefficient (Wildman–Crippen LogP) is 2.74. The van der Waals surface area contributed by atoms with Crippen LogP contribution in [0.15, 0.2) is 0 Å². The van der Waals surface area contributed by atoms with Crippen LogP contribution < -0.4 is 0 Å². The van der Waals surface area contributed by atoms with Crippen molar-refractivity contribution in [2.75, 3.05) is 4.43 Å². The zero-order valence-corrected chi connectivity index (χ0v) is 10.1. The molecule has 1 aliphatic rings. The van der Waals surface area contributed by atoms with E-state index in [-0.39, 0.29) is 5.79 Å². The summed E-state index contributed by atoms with van der Waals surface area (Å²) >= 11 is 2.38. The van der Waals surface area contributed by atoms with Gasteiger partial charge < -0.3 is 9.47 Å². The lowest BCUT2D eigenvalue weighted by molar-refractivity contribution is -0.146. The highest BCUT2D eigenvalue weighted by Gasteiger charge is 2.39. The molecule has 72 valence electrons. The Morgan fingerprint density at radius 3 is 2.33 bits per heavy atom. The molecular formula is C9H17IO2. The topological polar surface area (TPSA) is 18.5 Å². The third-order valence-corrected chi connectivity index (χ3v) is 2.70. The molecule has 2 atom stereocenters. The number of hydrogen-bond donors (Lipinski definition) is 0. The van der Waals surface area contributed by atoms with Gasteiger partial charge in [0.05, 0.1) is 12.2 Å². The molecule has 12 heavy (non-hydrogen) atoms. The molecule has 1 rings (SSSR count). The second-order valence-electron chi connectivity index (χ2n) is 3.60. The van der Waals surface area contributed by atoms with Crippen LogP contribution in [0.2, 0.25) is 0 Å². The first-order valence-electron chi connectivity index (χ1n) is 4.50. The zero-order chi connectivity index (χ0) is 9.19. The normalized spacial score (nSPS) is 34.0. The van der Waals surface area contributed by atoms with Crippen LogP contribution in [0.3, 0.4) is 0 Å². The smallest absolute Gasteiger partial charge is 0.163 e. The van der Waals surface area contributed by atoms with Crippen LogP contribution in [0.25, 0.3) is 0 Å². The Morgan fingerprint density at radius 1 is 1.25 bits per heavy atom. The van der Waals surface area contributed by atoms with Crippen LogP contribution in [0, 0.1) is 0 Å². The Balaban J connectivity index is 2.50. The van der Waals surface area contributed by atoms with E-state index < -0.39 is 0 Å². The van der Waals surface area contributed by atoms with Crippen LogP contribution in [0.5, 0.6) is 0 Å². The van der Waals surface area contributed by atoms with Crippen molar-refractivity contribution in [1.82, 2.24) is 0 Å². The van der Waals surface area contributed by atoms with Gasteiger partial charge >= 0.3 is 0 Å². The van der Waals surface area contributed by atoms with Crippen molar-refractivity contribution in [2.24, 2.45) is 0 Å². The van der Waals surface area contributed by atoms with E-state index in [4.69, 9.17) is 9.47 Å². The van der Waals surface area contributed by atoms with Gasteiger partial charge in [0.1, 0.15) is 0 Å². The Bertz CT molecular complexity index is 147. The van der Waals surface area contributed by atoms with Gasteiger partial charge in [-0.25, -0.2) is 0 Å². The average molecular weight is 284 g/mol. The quantitative estimate of drug-likeness (QED) is 0.586. The van der Waals surface area contributed by atoms with Crippen molar-refractivity contribution in [3.63, 3.8) is 0 Å². The maximum absolute atomic E-state index is 5.77. The summed E-state index contributed by atoms with van der Waals surface area (Å²) in [5.41, 5.74) is 0. The summed E-state index contributed by atoms with van der Waals surface area (Å²) in [6.07, 6.45) is 2.75. The van der Waals surface area contributed by atoms with Crippen LogP contribution >= 0.6 is 22.6 Å². The Kier molecular flexibility index (Phi) is 3.79. The monoisotopic (exact) mass is 284 g/mol. The van der Waals surface area contributed by atoms with Crippen molar-refractivity contribution < 1.29 is 9.47 Å². The van der Waals surface area contributed by atoms with Crippen LogP contribution in [0.4, 0.5) is 0 Å². The number of hydrogen-bond acceptors (Lipinski definition) is 2. The van der Waals surface area contributed by atoms with E-state index in [1.54, 1.807) is 0 Å². The summed E-state index contributed by atoms with van der Waals surface area (Å²) < 4.78 is 12.6. The molecule has 0 N–H and O–H groups in total. The molecule has 1 heterocycles. The van der Waals surface area contributed by atoms with E-state index in [0.717, 1.165) is 17.3 Å². The maximum atomic E-state index is 5.77. The van der Waals surface area contributed by atoms with Gasteiger partial charge in [-0.1, -0.05) is 29.5 Å². The first-order chi connectivity index (χ1) is 5.59. The largest absolute Gasteiger partial charge is 0.345 e. The minimum atomic E-state index is -0.364. The Hall–Kier alpha value is 0.650. The summed E-state index contributed by atoms with van der Waals surface area (Å²) in [5, 5.41) is 0. The van der Waals surface area contributed by atoms with Gasteiger partial charge in [-0.05, 0) is 26.7 Å². The highest BCUT2D eigenvalue weighted by Crippen LogP contribution is 2.31. The molecule has 0 bridgehead atoms. The summed E-state index contributed by atoms with van der Waals surface area (Å²) in [6.45, 7) is 6.13. The lowest BCUT2D eigenvalue weighted by Gasteiger charge is -2.16. The minimum Gasteiger partial charge on any atom is -0.345 e. The highest BCUT2D eigenvalue weighted by atomic mass is 127. The summed E-state index contributed by atoms with van der Waals surface area (Å²) in [5.74, 6) is -0.364. The SMILES string of the molecule is CC[C@H]1OC(C)(C)O[C@H]1CCI. The van der Waals surface area contributed by atoms with Crippen LogP contribution in [0.1, 0.15) is 33.6 Å². The van der Waals surface area contributed by atoms with Crippen molar-refractivity contribution in [3.8, 4) is 0 Å². The molecule has 0 aromatic carbocycles. The van der Waals surface area contributed by atoms with E-state index in [1.807, 2.05) is 13.8 Å². The molecule has 1 saturated heterocycles. The second-order valence-corrected chi connectivity index (χ2v) is 4.68. The van der Waals surface area contributed by atoms with Crippen LogP contribution in [-0.4, -0.2) is 22.4 Å². The standard InChI is InChI=1S/C9H17IO2/c1-4-7-8(5-6-10)12-9(2,3)11-7/h7-8H,4-6H2,1-3H3/t7-,8+/m1/s1. The van der Waals surface area contributed by atoms with Gasteiger partial charge in [0, 0.05) is 4.43 Å². The average Bonchev–Trinajstić information content (AvgIpc) is 2.26. The van der Waals surface area contributed by atoms with Crippen molar-refractivity contribution in [3.05, 3.63) is 0 Å². The van der Waals surface area contributed by atoms with Gasteiger partial charge in [-0.3, -0.25) is 0 Å². The zero-order valence-electron chi connectivity index (χ0n) is 7.97. The lowest BCUT2D eigenvalue weighted by Crippen LogP contribution is -2.21. The third-order valence-electron chi connectivity index (χ3n) is 2.08. The first kappa shape index (κ1) is 10.7. The third kappa shape index (κ3) is 2.57. The minimum absolute atomic E-state index is 0.301. The fourth-order valence-electron chi connectivity index (χ4n) is 1.61. The molecule has 3 heteroatoms. The summed E-state index contributed by atoms with van der Waals surface area (Å²) in [6, 6.07) is 0. The van der Waals surface area contributed by atoms with Gasteiger partial charge in [-0.2, -0.15) is 0 Å². The van der Waals surface area contributed by atoms with Crippen LogP contribution in [-0.2, 0) is 9.47 Å². The molecule has 1 aliphatic heterocycles. The van der Waals surface area contributed by atoms with Crippen molar-refractivity contribution in [1.29, 1.82) is 0 Å². The fraction of sp³-hybridized carbons (Fsp3) is 1.00. The maximum Gasteiger partial charge on any atom is 0.163 e. The van der Waals surface area contributed by atoms with Gasteiger partial charge in [0.2, 0.25) is 0 Å². The molecule has 0 aromatic rings. The summed E-state index contributed by atoms with van der Waals surface area (Å²) in [4.78, 5) is 0. The number of halogens is 1. The fourth-order valence-corrected chi connectivity index (χ4v) is 2.22. The van der Waals surface area contributed by atoms with E-state index >= 15 is 0 Å². The Labute approximate surface area is 88.1 Å². The van der Waals surface area contributed by atoms with E-state index in [1.165, 1.54) is 0 Å². The number of ether oxygens (including phenoxy) is 2. The number of alkyl halides is 1. The molecule has 1 fully saturated rings. The number of rotatable bonds is 3. The molecule has 0 saturated carbocycles. The molecular weight excluding hydrogens is 267 g/mol. The van der Waals surface area contributed by atoms with E-state index in [9.17, 15) is 0 Å². The van der Waals surface area contributed by atoms with Crippen molar-refractivity contribution in [2.45, 2.75) is 51.6 Å². The Morgan fingerprint density at radius 2 is 1.83 bits per heavy atom. The molecule has 0 aromatic heterocycles. The van der Waals surface area contributed by atoms with E-state index in [0.29, 0.717) is 12.2 Å². The molecule has 0 amide bonds. The van der Waals surface area contributed by atoms with Crippen molar-refractivity contribution >= 4 is 22.6 Å². The van der Waals surface area contributed by atoms with E-state index in [2.05, 4.69) is 29.5 Å². The molecule has 0 unspecified atom stereocenters. The lowest BCUT2D eigenvalue weighted by atomic mass is 10.1. The van der Waals surface area contributed by atoms with Gasteiger partial charge in [-0.15, -0.1) is 0 Å². The second kappa shape index (κ2) is 4.24. The summed E-state index contributed by atoms with van der Waals surface area (Å²) in [7, 11) is 0.